The number of pyridine rings is 1. The maximum atomic E-state index is 14.1. The number of carboxylic acids is 1. The van der Waals surface area contributed by atoms with Crippen molar-refractivity contribution in [1.29, 1.82) is 0 Å². The fourth-order valence-corrected chi connectivity index (χ4v) is 2.38. The van der Waals surface area contributed by atoms with Crippen molar-refractivity contribution in [2.45, 2.75) is 6.30 Å². The molecule has 100 valence electrons. The van der Waals surface area contributed by atoms with Crippen molar-refractivity contribution >= 4 is 27.8 Å². The van der Waals surface area contributed by atoms with Crippen LogP contribution in [0.5, 0.6) is 0 Å². The Hall–Kier alpha value is -2.69. The molecule has 1 unspecified atom stereocenters. The number of benzene rings is 2. The van der Waals surface area contributed by atoms with Gasteiger partial charge in [0.2, 0.25) is 0 Å². The van der Waals surface area contributed by atoms with Gasteiger partial charge in [-0.15, -0.1) is 0 Å². The van der Waals surface area contributed by atoms with Gasteiger partial charge in [-0.2, -0.15) is 0 Å². The van der Waals surface area contributed by atoms with Crippen LogP contribution in [0.25, 0.3) is 21.8 Å². The summed E-state index contributed by atoms with van der Waals surface area (Å²) in [6.07, 6.45) is -2.25. The Balaban J connectivity index is 2.60. The molecule has 3 aromatic rings. The highest BCUT2D eigenvalue weighted by Gasteiger charge is 2.22. The van der Waals surface area contributed by atoms with Gasteiger partial charge in [0.05, 0.1) is 11.0 Å². The first-order valence-electron chi connectivity index (χ1n) is 6.00. The van der Waals surface area contributed by atoms with Crippen LogP contribution in [0.3, 0.4) is 0 Å². The van der Waals surface area contributed by atoms with Gasteiger partial charge in [0.25, 0.3) is 6.30 Å². The molecule has 0 fully saturated rings. The third-order valence-corrected chi connectivity index (χ3v) is 3.25. The maximum absolute atomic E-state index is 14.1. The van der Waals surface area contributed by atoms with Crippen molar-refractivity contribution in [2.24, 2.45) is 0 Å². The number of fused-ring (bicyclic) bond motifs is 2. The minimum absolute atomic E-state index is 0.231. The van der Waals surface area contributed by atoms with Gasteiger partial charge in [-0.3, -0.25) is 4.79 Å². The van der Waals surface area contributed by atoms with Gasteiger partial charge < -0.3 is 9.67 Å². The lowest BCUT2D eigenvalue weighted by atomic mass is 10.1. The van der Waals surface area contributed by atoms with E-state index in [0.29, 0.717) is 10.8 Å². The second kappa shape index (κ2) is 4.45. The molecular weight excluding hydrogens is 261 g/mol. The molecule has 2 aromatic carbocycles. The van der Waals surface area contributed by atoms with E-state index >= 15 is 0 Å². The molecule has 1 atom stereocenters. The predicted molar refractivity (Wildman–Crippen MR) is 73.5 cm³/mol. The Morgan fingerprint density at radius 2 is 1.45 bits per heavy atom. The number of rotatable bonds is 2. The Bertz CT molecular complexity index is 825. The summed E-state index contributed by atoms with van der Waals surface area (Å²) in [6, 6.07) is 12.8. The zero-order valence-corrected chi connectivity index (χ0v) is 10.3. The van der Waals surface area contributed by atoms with E-state index in [-0.39, 0.29) is 16.5 Å². The minimum atomic E-state index is -2.25. The summed E-state index contributed by atoms with van der Waals surface area (Å²) in [4.78, 5) is 23.3. The highest BCUT2D eigenvalue weighted by molar-refractivity contribution is 5.94. The molecule has 20 heavy (non-hydrogen) atoms. The highest BCUT2D eigenvalue weighted by Crippen LogP contribution is 2.24. The van der Waals surface area contributed by atoms with Crippen molar-refractivity contribution in [2.75, 3.05) is 0 Å². The summed E-state index contributed by atoms with van der Waals surface area (Å²) >= 11 is 0. The molecule has 0 saturated carbocycles. The Kier molecular flexibility index (Phi) is 2.75. The van der Waals surface area contributed by atoms with Crippen molar-refractivity contribution in [1.82, 2.24) is 4.57 Å². The number of carbonyl (C=O) groups is 1. The molecule has 1 N–H and O–H groups in total. The number of aromatic nitrogens is 1. The van der Waals surface area contributed by atoms with Gasteiger partial charge in [-0.05, 0) is 24.3 Å². The minimum Gasteiger partial charge on any atom is -0.478 e. The third-order valence-electron chi connectivity index (χ3n) is 3.25. The van der Waals surface area contributed by atoms with Crippen LogP contribution in [0.2, 0.25) is 0 Å². The van der Waals surface area contributed by atoms with Gasteiger partial charge in [0.1, 0.15) is 0 Å². The first-order chi connectivity index (χ1) is 9.61. The smallest absolute Gasteiger partial charge is 0.359 e. The van der Waals surface area contributed by atoms with Crippen molar-refractivity contribution in [3.05, 3.63) is 58.8 Å². The molecule has 5 heteroatoms. The molecule has 0 spiro atoms. The molecule has 0 bridgehead atoms. The molecule has 0 radical (unpaired) electrons. The molecule has 0 aliphatic rings. The lowest BCUT2D eigenvalue weighted by molar-refractivity contribution is -0.146. The summed E-state index contributed by atoms with van der Waals surface area (Å²) in [6.45, 7) is 0. The lowest BCUT2D eigenvalue weighted by Gasteiger charge is -2.16. The molecule has 0 aliphatic carbocycles. The number of hydrogen-bond donors (Lipinski definition) is 1. The number of hydrogen-bond acceptors (Lipinski definition) is 2. The van der Waals surface area contributed by atoms with E-state index < -0.39 is 12.3 Å². The fraction of sp³-hybridized carbons (Fsp3) is 0.0667. The van der Waals surface area contributed by atoms with Gasteiger partial charge in [0.15, 0.2) is 5.43 Å². The quantitative estimate of drug-likeness (QED) is 0.729. The van der Waals surface area contributed by atoms with E-state index in [0.717, 1.165) is 4.57 Å². The first-order valence-corrected chi connectivity index (χ1v) is 6.00. The maximum Gasteiger partial charge on any atom is 0.359 e. The van der Waals surface area contributed by atoms with Gasteiger partial charge in [-0.25, -0.2) is 9.18 Å². The average molecular weight is 271 g/mol. The van der Waals surface area contributed by atoms with E-state index in [4.69, 9.17) is 5.11 Å². The Morgan fingerprint density at radius 3 is 1.90 bits per heavy atom. The topological polar surface area (TPSA) is 59.3 Å². The zero-order chi connectivity index (χ0) is 14.3. The van der Waals surface area contributed by atoms with Gasteiger partial charge >= 0.3 is 5.97 Å². The molecule has 0 saturated heterocycles. The summed E-state index contributed by atoms with van der Waals surface area (Å²) in [5, 5.41) is 9.55. The summed E-state index contributed by atoms with van der Waals surface area (Å²) in [5.41, 5.74) is 0.308. The fourth-order valence-electron chi connectivity index (χ4n) is 2.38. The number of aliphatic carboxylic acids is 1. The normalized spacial score (nSPS) is 12.7. The van der Waals surface area contributed by atoms with E-state index in [1.165, 1.54) is 0 Å². The second-order valence-electron chi connectivity index (χ2n) is 4.41. The molecule has 4 nitrogen and oxygen atoms in total. The van der Waals surface area contributed by atoms with Crippen LogP contribution in [0.1, 0.15) is 6.30 Å². The molecule has 1 heterocycles. The lowest BCUT2D eigenvalue weighted by Crippen LogP contribution is -2.19. The number of carboxylic acid groups (broad SMARTS) is 1. The standard InChI is InChI=1S/C15H10FNO3/c16-14(15(19)20)17-11-7-3-1-5-9(11)13(18)10-6-2-4-8-12(10)17/h1-8,14H,(H,19,20). The number of nitrogens with zero attached hydrogens (tertiary/aromatic N) is 1. The molecule has 0 aliphatic heterocycles. The monoisotopic (exact) mass is 271 g/mol. The molecular formula is C15H10FNO3. The van der Waals surface area contributed by atoms with Gasteiger partial charge in [-0.1, -0.05) is 24.3 Å². The highest BCUT2D eigenvalue weighted by atomic mass is 19.1. The van der Waals surface area contributed by atoms with Crippen molar-refractivity contribution < 1.29 is 14.3 Å². The van der Waals surface area contributed by atoms with Crippen molar-refractivity contribution in [3.63, 3.8) is 0 Å². The van der Waals surface area contributed by atoms with Crippen LogP contribution in [-0.2, 0) is 4.79 Å². The first kappa shape index (κ1) is 12.3. The summed E-state index contributed by atoms with van der Waals surface area (Å²) in [5.74, 6) is -1.59. The molecule has 1 aromatic heterocycles. The predicted octanol–water partition coefficient (Wildman–Crippen LogP) is 2.71. The third kappa shape index (κ3) is 1.67. The zero-order valence-electron chi connectivity index (χ0n) is 10.3. The summed E-state index contributed by atoms with van der Waals surface area (Å²) in [7, 11) is 0. The largest absolute Gasteiger partial charge is 0.478 e. The SMILES string of the molecule is O=C(O)C(F)n1c2ccccc2c(=O)c2ccccc21. The molecule has 0 amide bonds. The van der Waals surface area contributed by atoms with Gasteiger partial charge in [0, 0.05) is 10.8 Å². The van der Waals surface area contributed by atoms with Crippen molar-refractivity contribution in [3.8, 4) is 0 Å². The van der Waals surface area contributed by atoms with E-state index in [1.54, 1.807) is 48.5 Å². The van der Waals surface area contributed by atoms with E-state index in [2.05, 4.69) is 0 Å². The number of para-hydroxylation sites is 2. The Morgan fingerprint density at radius 1 is 1.00 bits per heavy atom. The molecule has 3 rings (SSSR count). The summed E-state index contributed by atoms with van der Waals surface area (Å²) < 4.78 is 15.1. The number of alkyl halides is 1. The van der Waals surface area contributed by atoms with Crippen LogP contribution in [-0.4, -0.2) is 15.6 Å². The van der Waals surface area contributed by atoms with Crippen LogP contribution >= 0.6 is 0 Å². The van der Waals surface area contributed by atoms with Crippen LogP contribution in [0, 0.1) is 0 Å². The average Bonchev–Trinajstić information content (AvgIpc) is 2.47. The van der Waals surface area contributed by atoms with E-state index in [9.17, 15) is 14.0 Å². The van der Waals surface area contributed by atoms with Crippen LogP contribution in [0.4, 0.5) is 4.39 Å². The second-order valence-corrected chi connectivity index (χ2v) is 4.41. The Labute approximate surface area is 112 Å². The van der Waals surface area contributed by atoms with E-state index in [1.807, 2.05) is 0 Å². The van der Waals surface area contributed by atoms with Crippen LogP contribution < -0.4 is 5.43 Å². The number of halogens is 1. The van der Waals surface area contributed by atoms with Crippen LogP contribution in [0.15, 0.2) is 53.3 Å².